The molecule has 2 aromatic heterocycles. The fourth-order valence-electron chi connectivity index (χ4n) is 7.25. The SMILES string of the molecule is COc1ccc(CNc2ncnc3c2ncn3[C@@H]2C[C@H](CN(C(C)C)C3CC(CCC(=O)O)C3)[C@H]3OC(C)(C)O[C@H]32)cc1. The van der Waals surface area contributed by atoms with Crippen LogP contribution in [0.2, 0.25) is 0 Å². The zero-order valence-electron chi connectivity index (χ0n) is 25.8. The molecule has 11 heteroatoms. The molecule has 11 nitrogen and oxygen atoms in total. The van der Waals surface area contributed by atoms with Crippen LogP contribution in [0.5, 0.6) is 5.75 Å². The molecule has 0 bridgehead atoms. The summed E-state index contributed by atoms with van der Waals surface area (Å²) in [5, 5.41) is 12.5. The number of hydrogen-bond donors (Lipinski definition) is 2. The summed E-state index contributed by atoms with van der Waals surface area (Å²) in [7, 11) is 1.66. The van der Waals surface area contributed by atoms with E-state index in [1.807, 2.05) is 44.4 Å². The summed E-state index contributed by atoms with van der Waals surface area (Å²) in [5.41, 5.74) is 2.63. The van der Waals surface area contributed by atoms with Crippen molar-refractivity contribution in [1.82, 2.24) is 24.4 Å². The Bertz CT molecular complexity index is 1420. The summed E-state index contributed by atoms with van der Waals surface area (Å²) in [6.45, 7) is 10.0. The number of rotatable bonds is 12. The molecule has 0 spiro atoms. The number of benzene rings is 1. The first-order valence-electron chi connectivity index (χ1n) is 15.5. The lowest BCUT2D eigenvalue weighted by Crippen LogP contribution is -2.51. The molecule has 3 heterocycles. The molecule has 3 aliphatic rings. The van der Waals surface area contributed by atoms with Crippen molar-refractivity contribution in [3.05, 3.63) is 42.5 Å². The maximum atomic E-state index is 11.0. The number of carboxylic acids is 1. The number of aliphatic carboxylic acids is 1. The average Bonchev–Trinajstić information content (AvgIpc) is 3.61. The highest BCUT2D eigenvalue weighted by Gasteiger charge is 2.55. The Hall–Kier alpha value is -3.28. The Morgan fingerprint density at radius 1 is 1.14 bits per heavy atom. The molecule has 0 unspecified atom stereocenters. The van der Waals surface area contributed by atoms with Gasteiger partial charge >= 0.3 is 5.97 Å². The molecular formula is C32H44N6O5. The van der Waals surface area contributed by atoms with E-state index in [9.17, 15) is 4.79 Å². The van der Waals surface area contributed by atoms with Crippen LogP contribution in [-0.4, -0.2) is 79.2 Å². The normalized spacial score (nSPS) is 27.9. The fraction of sp³-hybridized carbons (Fsp3) is 0.625. The number of methoxy groups -OCH3 is 1. The largest absolute Gasteiger partial charge is 0.497 e. The molecule has 6 rings (SSSR count). The smallest absolute Gasteiger partial charge is 0.303 e. The molecule has 3 aromatic rings. The van der Waals surface area contributed by atoms with Gasteiger partial charge in [-0.1, -0.05) is 12.1 Å². The highest BCUT2D eigenvalue weighted by Crippen LogP contribution is 2.49. The lowest BCUT2D eigenvalue weighted by atomic mass is 9.76. The molecule has 2 N–H and O–H groups in total. The summed E-state index contributed by atoms with van der Waals surface area (Å²) in [5.74, 6) is 0.938. The van der Waals surface area contributed by atoms with E-state index >= 15 is 0 Å². The van der Waals surface area contributed by atoms with Crippen molar-refractivity contribution in [3.8, 4) is 5.75 Å². The second-order valence-corrected chi connectivity index (χ2v) is 13.1. The Labute approximate surface area is 253 Å². The molecule has 2 aliphatic carbocycles. The number of anilines is 1. The first-order chi connectivity index (χ1) is 20.6. The predicted molar refractivity (Wildman–Crippen MR) is 162 cm³/mol. The molecule has 1 saturated heterocycles. The van der Waals surface area contributed by atoms with Gasteiger partial charge in [-0.25, -0.2) is 15.0 Å². The van der Waals surface area contributed by atoms with Crippen LogP contribution in [0.25, 0.3) is 11.2 Å². The molecule has 43 heavy (non-hydrogen) atoms. The van der Waals surface area contributed by atoms with Gasteiger partial charge in [0.05, 0.1) is 25.6 Å². The van der Waals surface area contributed by atoms with Crippen LogP contribution >= 0.6 is 0 Å². The topological polar surface area (TPSA) is 124 Å². The van der Waals surface area contributed by atoms with Gasteiger partial charge < -0.3 is 29.2 Å². The fourth-order valence-corrected chi connectivity index (χ4v) is 7.25. The summed E-state index contributed by atoms with van der Waals surface area (Å²) in [6.07, 6.45) is 7.37. The zero-order valence-corrected chi connectivity index (χ0v) is 25.8. The molecule has 0 radical (unpaired) electrons. The van der Waals surface area contributed by atoms with E-state index in [2.05, 4.69) is 38.6 Å². The van der Waals surface area contributed by atoms with E-state index in [0.29, 0.717) is 30.4 Å². The third-order valence-electron chi connectivity index (χ3n) is 9.44. The van der Waals surface area contributed by atoms with Crippen LogP contribution in [0.1, 0.15) is 71.4 Å². The second kappa shape index (κ2) is 12.0. The third-order valence-corrected chi connectivity index (χ3v) is 9.44. The quantitative estimate of drug-likeness (QED) is 0.301. The lowest BCUT2D eigenvalue weighted by molar-refractivity contribution is -0.161. The van der Waals surface area contributed by atoms with Gasteiger partial charge in [-0.2, -0.15) is 0 Å². The molecule has 0 amide bonds. The van der Waals surface area contributed by atoms with Gasteiger partial charge in [0, 0.05) is 37.5 Å². The minimum Gasteiger partial charge on any atom is -0.497 e. The third kappa shape index (κ3) is 6.21. The van der Waals surface area contributed by atoms with Crippen LogP contribution in [0.15, 0.2) is 36.9 Å². The van der Waals surface area contributed by atoms with E-state index < -0.39 is 11.8 Å². The number of imidazole rings is 1. The van der Waals surface area contributed by atoms with Crippen molar-refractivity contribution < 1.29 is 24.1 Å². The number of nitrogens with one attached hydrogen (secondary N) is 1. The Morgan fingerprint density at radius 3 is 2.58 bits per heavy atom. The van der Waals surface area contributed by atoms with Crippen LogP contribution in [0.4, 0.5) is 5.82 Å². The molecule has 2 saturated carbocycles. The first kappa shape index (κ1) is 29.8. The molecule has 232 valence electrons. The number of aromatic nitrogens is 4. The van der Waals surface area contributed by atoms with Gasteiger partial charge in [0.2, 0.25) is 0 Å². The number of nitrogens with zero attached hydrogens (tertiary/aromatic N) is 5. The molecule has 1 aromatic carbocycles. The number of hydrogen-bond acceptors (Lipinski definition) is 9. The predicted octanol–water partition coefficient (Wildman–Crippen LogP) is 4.88. The van der Waals surface area contributed by atoms with Gasteiger partial charge in [-0.15, -0.1) is 0 Å². The van der Waals surface area contributed by atoms with E-state index in [4.69, 9.17) is 24.3 Å². The van der Waals surface area contributed by atoms with Crippen LogP contribution < -0.4 is 10.1 Å². The molecular weight excluding hydrogens is 548 g/mol. The second-order valence-electron chi connectivity index (χ2n) is 13.1. The minimum absolute atomic E-state index is 0.0314. The van der Waals surface area contributed by atoms with Crippen molar-refractivity contribution in [2.24, 2.45) is 11.8 Å². The minimum atomic E-state index is -0.703. The Morgan fingerprint density at radius 2 is 1.88 bits per heavy atom. The Kier molecular flexibility index (Phi) is 8.32. The van der Waals surface area contributed by atoms with Crippen molar-refractivity contribution in [1.29, 1.82) is 0 Å². The molecule has 3 fully saturated rings. The molecule has 4 atom stereocenters. The monoisotopic (exact) mass is 592 g/mol. The van der Waals surface area contributed by atoms with E-state index in [-0.39, 0.29) is 30.6 Å². The maximum absolute atomic E-state index is 11.0. The number of ether oxygens (including phenoxy) is 3. The van der Waals surface area contributed by atoms with Gasteiger partial charge in [-0.05, 0) is 77.0 Å². The van der Waals surface area contributed by atoms with Crippen LogP contribution in [0, 0.1) is 11.8 Å². The molecule has 1 aliphatic heterocycles. The maximum Gasteiger partial charge on any atom is 0.303 e. The number of carboxylic acid groups (broad SMARTS) is 1. The average molecular weight is 593 g/mol. The standard InChI is InChI=1S/C32H44N6O5/c1-19(2)37(23-12-21(13-23)8-11-26(39)40)16-22-14-25(29-28(22)42-32(3,4)43-29)38-18-36-27-30(34-17-35-31(27)38)33-15-20-6-9-24(41-5)10-7-20/h6-7,9-10,17-19,21-23,25,28-29H,8,11-16H2,1-5H3,(H,39,40)(H,33,34,35)/t21?,22-,23?,25-,28-,29+/m1/s1. The Balaban J connectivity index is 1.19. The summed E-state index contributed by atoms with van der Waals surface area (Å²) in [4.78, 5) is 27.6. The van der Waals surface area contributed by atoms with Crippen LogP contribution in [0.3, 0.4) is 0 Å². The van der Waals surface area contributed by atoms with Crippen molar-refractivity contribution in [2.75, 3.05) is 19.0 Å². The highest BCUT2D eigenvalue weighted by molar-refractivity contribution is 5.82. The number of fused-ring (bicyclic) bond motifs is 2. The first-order valence-corrected chi connectivity index (χ1v) is 15.5. The van der Waals surface area contributed by atoms with Crippen molar-refractivity contribution in [3.63, 3.8) is 0 Å². The van der Waals surface area contributed by atoms with Gasteiger partial charge in [0.25, 0.3) is 0 Å². The summed E-state index contributed by atoms with van der Waals surface area (Å²) in [6, 6.07) is 8.85. The summed E-state index contributed by atoms with van der Waals surface area (Å²) >= 11 is 0. The van der Waals surface area contributed by atoms with E-state index in [1.54, 1.807) is 13.4 Å². The zero-order chi connectivity index (χ0) is 30.3. The van der Waals surface area contributed by atoms with Crippen molar-refractivity contribution >= 4 is 23.0 Å². The van der Waals surface area contributed by atoms with Crippen molar-refractivity contribution in [2.45, 2.75) is 102 Å². The summed E-state index contributed by atoms with van der Waals surface area (Å²) < 4.78 is 20.5. The lowest BCUT2D eigenvalue weighted by Gasteiger charge is -2.46. The van der Waals surface area contributed by atoms with Gasteiger partial charge in [-0.3, -0.25) is 9.69 Å². The van der Waals surface area contributed by atoms with E-state index in [0.717, 1.165) is 54.7 Å². The van der Waals surface area contributed by atoms with Gasteiger partial charge in [0.15, 0.2) is 17.3 Å². The highest BCUT2D eigenvalue weighted by atomic mass is 16.8. The number of carbonyl (C=O) groups is 1. The van der Waals surface area contributed by atoms with E-state index in [1.165, 1.54) is 0 Å². The van der Waals surface area contributed by atoms with Crippen LogP contribution in [-0.2, 0) is 20.8 Å². The van der Waals surface area contributed by atoms with Gasteiger partial charge in [0.1, 0.15) is 23.7 Å².